The van der Waals surface area contributed by atoms with Gasteiger partial charge in [-0.25, -0.2) is 13.1 Å². The third-order valence-corrected chi connectivity index (χ3v) is 5.75. The standard InChI is InChI=1S/C14H17N5O2S2/c20-23(21,10-4-7-12-5-2-1-3-6-12)16-9-8-13-18-19-11-15-17-14(19)22-13/h1-3,5-6,11,16H,4,7-10H2. The molecule has 0 fully saturated rings. The van der Waals surface area contributed by atoms with E-state index in [1.54, 1.807) is 4.52 Å². The normalized spacial score (nSPS) is 12.0. The molecular weight excluding hydrogens is 334 g/mol. The molecule has 0 unspecified atom stereocenters. The van der Waals surface area contributed by atoms with Crippen LogP contribution < -0.4 is 4.72 Å². The average molecular weight is 351 g/mol. The van der Waals surface area contributed by atoms with E-state index in [-0.39, 0.29) is 5.75 Å². The molecule has 3 aromatic rings. The van der Waals surface area contributed by atoms with Crippen LogP contribution in [0, 0.1) is 0 Å². The Balaban J connectivity index is 1.42. The summed E-state index contributed by atoms with van der Waals surface area (Å²) < 4.78 is 28.2. The number of aromatic nitrogens is 4. The first-order valence-electron chi connectivity index (χ1n) is 7.29. The molecule has 2 heterocycles. The summed E-state index contributed by atoms with van der Waals surface area (Å²) >= 11 is 1.41. The lowest BCUT2D eigenvalue weighted by molar-refractivity contribution is 0.578. The molecule has 0 aliphatic heterocycles. The predicted octanol–water partition coefficient (Wildman–Crippen LogP) is 1.28. The highest BCUT2D eigenvalue weighted by Gasteiger charge is 2.11. The van der Waals surface area contributed by atoms with Crippen molar-refractivity contribution in [3.05, 3.63) is 47.2 Å². The number of nitrogens with zero attached hydrogens (tertiary/aromatic N) is 4. The van der Waals surface area contributed by atoms with E-state index in [1.807, 2.05) is 30.3 Å². The Kier molecular flexibility index (Phi) is 4.99. The number of rotatable bonds is 8. The van der Waals surface area contributed by atoms with Crippen molar-refractivity contribution in [1.82, 2.24) is 24.5 Å². The fourth-order valence-electron chi connectivity index (χ4n) is 2.20. The molecule has 122 valence electrons. The van der Waals surface area contributed by atoms with Crippen LogP contribution in [0.2, 0.25) is 0 Å². The van der Waals surface area contributed by atoms with Gasteiger partial charge in [0.05, 0.1) is 5.75 Å². The van der Waals surface area contributed by atoms with Gasteiger partial charge in [0, 0.05) is 13.0 Å². The van der Waals surface area contributed by atoms with E-state index in [0.29, 0.717) is 24.3 Å². The molecule has 0 bridgehead atoms. The smallest absolute Gasteiger partial charge is 0.215 e. The van der Waals surface area contributed by atoms with Crippen LogP contribution in [-0.2, 0) is 22.9 Å². The first-order valence-corrected chi connectivity index (χ1v) is 9.76. The van der Waals surface area contributed by atoms with Gasteiger partial charge >= 0.3 is 0 Å². The highest BCUT2D eigenvalue weighted by molar-refractivity contribution is 7.89. The molecule has 7 nitrogen and oxygen atoms in total. The van der Waals surface area contributed by atoms with Crippen LogP contribution in [0.25, 0.3) is 4.96 Å². The van der Waals surface area contributed by atoms with Gasteiger partial charge in [0.15, 0.2) is 0 Å². The quantitative estimate of drug-likeness (QED) is 0.660. The zero-order chi connectivity index (χ0) is 16.1. The molecule has 0 saturated heterocycles. The predicted molar refractivity (Wildman–Crippen MR) is 88.9 cm³/mol. The van der Waals surface area contributed by atoms with Gasteiger partial charge in [0.2, 0.25) is 15.0 Å². The van der Waals surface area contributed by atoms with Crippen molar-refractivity contribution < 1.29 is 8.42 Å². The summed E-state index contributed by atoms with van der Waals surface area (Å²) in [5.74, 6) is 0.132. The van der Waals surface area contributed by atoms with Gasteiger partial charge < -0.3 is 0 Å². The largest absolute Gasteiger partial charge is 0.234 e. The van der Waals surface area contributed by atoms with Crippen LogP contribution in [0.5, 0.6) is 0 Å². The molecule has 3 rings (SSSR count). The third-order valence-electron chi connectivity index (χ3n) is 3.31. The fraction of sp³-hybridized carbons (Fsp3) is 0.357. The number of benzene rings is 1. The van der Waals surface area contributed by atoms with E-state index in [9.17, 15) is 8.42 Å². The van der Waals surface area contributed by atoms with E-state index < -0.39 is 10.0 Å². The van der Waals surface area contributed by atoms with Gasteiger partial charge in [-0.05, 0) is 18.4 Å². The highest BCUT2D eigenvalue weighted by Crippen LogP contribution is 2.11. The summed E-state index contributed by atoms with van der Waals surface area (Å²) in [5, 5.41) is 12.7. The maximum absolute atomic E-state index is 12.0. The Morgan fingerprint density at radius 1 is 1.17 bits per heavy atom. The maximum atomic E-state index is 12.0. The number of nitrogens with one attached hydrogen (secondary N) is 1. The minimum atomic E-state index is -3.25. The highest BCUT2D eigenvalue weighted by atomic mass is 32.2. The molecule has 9 heteroatoms. The molecule has 1 aromatic carbocycles. The number of hydrogen-bond acceptors (Lipinski definition) is 6. The molecule has 2 aromatic heterocycles. The van der Waals surface area contributed by atoms with Crippen molar-refractivity contribution in [2.75, 3.05) is 12.3 Å². The molecule has 1 N–H and O–H groups in total. The van der Waals surface area contributed by atoms with Crippen molar-refractivity contribution in [2.45, 2.75) is 19.3 Å². The van der Waals surface area contributed by atoms with Crippen LogP contribution in [-0.4, -0.2) is 40.5 Å². The SMILES string of the molecule is O=S(=O)(CCCc1ccccc1)NCCc1nn2cnnc2s1. The molecule has 0 amide bonds. The summed E-state index contributed by atoms with van der Waals surface area (Å²) in [6, 6.07) is 9.89. The zero-order valence-electron chi connectivity index (χ0n) is 12.4. The van der Waals surface area contributed by atoms with Crippen LogP contribution in [0.1, 0.15) is 17.0 Å². The topological polar surface area (TPSA) is 89.2 Å². The van der Waals surface area contributed by atoms with Gasteiger partial charge in [-0.2, -0.15) is 9.61 Å². The van der Waals surface area contributed by atoms with E-state index in [1.165, 1.54) is 17.7 Å². The molecule has 23 heavy (non-hydrogen) atoms. The van der Waals surface area contributed by atoms with E-state index >= 15 is 0 Å². The summed E-state index contributed by atoms with van der Waals surface area (Å²) in [6.45, 7) is 0.345. The van der Waals surface area contributed by atoms with E-state index in [2.05, 4.69) is 20.0 Å². The van der Waals surface area contributed by atoms with Crippen molar-refractivity contribution in [1.29, 1.82) is 0 Å². The maximum Gasteiger partial charge on any atom is 0.234 e. The Morgan fingerprint density at radius 3 is 2.78 bits per heavy atom. The van der Waals surface area contributed by atoms with Crippen LogP contribution >= 0.6 is 11.3 Å². The average Bonchev–Trinajstić information content (AvgIpc) is 3.09. The monoisotopic (exact) mass is 351 g/mol. The van der Waals surface area contributed by atoms with Gasteiger partial charge in [0.25, 0.3) is 0 Å². The number of sulfonamides is 1. The Hall–Kier alpha value is -1.84. The van der Waals surface area contributed by atoms with E-state index in [0.717, 1.165) is 17.0 Å². The minimum Gasteiger partial charge on any atom is -0.215 e. The lowest BCUT2D eigenvalue weighted by Gasteiger charge is -2.05. The van der Waals surface area contributed by atoms with Crippen molar-refractivity contribution in [3.63, 3.8) is 0 Å². The summed E-state index contributed by atoms with van der Waals surface area (Å²) in [4.78, 5) is 0.714. The molecule has 0 aliphatic carbocycles. The summed E-state index contributed by atoms with van der Waals surface area (Å²) in [7, 11) is -3.25. The summed E-state index contributed by atoms with van der Waals surface area (Å²) in [6.07, 6.45) is 3.45. The Morgan fingerprint density at radius 2 is 2.00 bits per heavy atom. The van der Waals surface area contributed by atoms with Crippen molar-refractivity contribution in [2.24, 2.45) is 0 Å². The van der Waals surface area contributed by atoms with Gasteiger partial charge in [-0.3, -0.25) is 0 Å². The Bertz CT molecular complexity index is 829. The molecule has 0 saturated carbocycles. The van der Waals surface area contributed by atoms with Gasteiger partial charge in [-0.15, -0.1) is 10.2 Å². The summed E-state index contributed by atoms with van der Waals surface area (Å²) in [5.41, 5.74) is 1.16. The van der Waals surface area contributed by atoms with Gasteiger partial charge in [0.1, 0.15) is 11.3 Å². The van der Waals surface area contributed by atoms with Crippen molar-refractivity contribution in [3.8, 4) is 0 Å². The van der Waals surface area contributed by atoms with Gasteiger partial charge in [-0.1, -0.05) is 41.7 Å². The molecular formula is C14H17N5O2S2. The third kappa shape index (κ3) is 4.57. The van der Waals surface area contributed by atoms with E-state index in [4.69, 9.17) is 0 Å². The zero-order valence-corrected chi connectivity index (χ0v) is 14.1. The first-order chi connectivity index (χ1) is 11.1. The molecule has 0 aliphatic rings. The number of hydrogen-bond donors (Lipinski definition) is 1. The second-order valence-electron chi connectivity index (χ2n) is 5.11. The minimum absolute atomic E-state index is 0.132. The Labute approximate surface area is 138 Å². The fourth-order valence-corrected chi connectivity index (χ4v) is 4.09. The lowest BCUT2D eigenvalue weighted by Crippen LogP contribution is -2.28. The van der Waals surface area contributed by atoms with Crippen LogP contribution in [0.15, 0.2) is 36.7 Å². The van der Waals surface area contributed by atoms with Crippen LogP contribution in [0.4, 0.5) is 0 Å². The van der Waals surface area contributed by atoms with Crippen LogP contribution in [0.3, 0.4) is 0 Å². The lowest BCUT2D eigenvalue weighted by atomic mass is 10.1. The number of aryl methyl sites for hydroxylation is 1. The molecule has 0 spiro atoms. The second-order valence-corrected chi connectivity index (χ2v) is 8.07. The first kappa shape index (κ1) is 16.0. The molecule has 0 radical (unpaired) electrons. The second kappa shape index (κ2) is 7.16. The molecule has 0 atom stereocenters. The number of fused-ring (bicyclic) bond motifs is 1. The van der Waals surface area contributed by atoms with Crippen molar-refractivity contribution >= 4 is 26.3 Å².